The zero-order valence-electron chi connectivity index (χ0n) is 26.6. The van der Waals surface area contributed by atoms with Crippen LogP contribution in [0.5, 0.6) is 23.0 Å². The van der Waals surface area contributed by atoms with Gasteiger partial charge in [0.05, 0.1) is 40.9 Å². The summed E-state index contributed by atoms with van der Waals surface area (Å²) >= 11 is 0. The summed E-state index contributed by atoms with van der Waals surface area (Å²) in [5.41, 5.74) is 3.83. The van der Waals surface area contributed by atoms with Crippen molar-refractivity contribution >= 4 is 22.8 Å². The Labute approximate surface area is 261 Å². The summed E-state index contributed by atoms with van der Waals surface area (Å²) in [6.07, 6.45) is 1.04. The third-order valence-electron chi connectivity index (χ3n) is 7.93. The predicted octanol–water partition coefficient (Wildman–Crippen LogP) is 5.35. The van der Waals surface area contributed by atoms with E-state index in [1.807, 2.05) is 38.1 Å². The van der Waals surface area contributed by atoms with Crippen molar-refractivity contribution in [3.8, 4) is 45.4 Å². The van der Waals surface area contributed by atoms with Crippen molar-refractivity contribution in [3.05, 3.63) is 69.4 Å². The van der Waals surface area contributed by atoms with E-state index in [0.29, 0.717) is 74.8 Å². The third-order valence-corrected chi connectivity index (χ3v) is 7.93. The molecule has 1 atom stereocenters. The summed E-state index contributed by atoms with van der Waals surface area (Å²) in [4.78, 5) is 39.6. The smallest absolute Gasteiger partial charge is 0.224 e. The number of nitrogens with one attached hydrogen (secondary N) is 2. The number of fused-ring (bicyclic) bond motifs is 4. The number of methoxy groups -OCH3 is 4. The van der Waals surface area contributed by atoms with Crippen LogP contribution < -0.4 is 35.0 Å². The molecule has 1 aromatic heterocycles. The molecular formula is C35H38N2O8. The Kier molecular flexibility index (Phi) is 9.04. The van der Waals surface area contributed by atoms with Gasteiger partial charge in [-0.25, -0.2) is 0 Å². The molecule has 1 aliphatic carbocycles. The molecule has 3 aromatic carbocycles. The number of aryl methyl sites for hydroxylation is 1. The van der Waals surface area contributed by atoms with E-state index in [0.717, 1.165) is 5.56 Å². The lowest BCUT2D eigenvalue weighted by Gasteiger charge is -2.20. The summed E-state index contributed by atoms with van der Waals surface area (Å²) in [7, 11) is 6.22. The lowest BCUT2D eigenvalue weighted by molar-refractivity contribution is -0.121. The Balaban J connectivity index is 1.90. The highest BCUT2D eigenvalue weighted by Crippen LogP contribution is 2.51. The Morgan fingerprint density at radius 1 is 0.956 bits per heavy atom. The first-order valence-electron chi connectivity index (χ1n) is 14.8. The molecule has 0 fully saturated rings. The number of carbonyl (C=O) groups is 2. The van der Waals surface area contributed by atoms with Gasteiger partial charge in [0.25, 0.3) is 0 Å². The van der Waals surface area contributed by atoms with Crippen molar-refractivity contribution < 1.29 is 33.0 Å². The maximum absolute atomic E-state index is 14.0. The number of benzene rings is 2. The molecule has 2 N–H and O–H groups in total. The molecule has 5 rings (SSSR count). The molecule has 2 amide bonds. The van der Waals surface area contributed by atoms with Gasteiger partial charge >= 0.3 is 0 Å². The molecule has 0 bridgehead atoms. The molecule has 0 radical (unpaired) electrons. The van der Waals surface area contributed by atoms with Gasteiger partial charge in [0.2, 0.25) is 23.0 Å². The standard InChI is InChI=1S/C35H38N2O8/c1-18(2)36-30(40)17-26-25-15-24-23(16-28(39)33(25)45-32(26)20-8-11-22(41-4)12-9-20)27(37-19(3)38)13-10-21-14-29(42-5)34(43-6)35(44-7)31(21)24/h8-9,11-12,14-16,18,27H,10,13,17H2,1-7H3,(H,36,40)(H,37,38)/t27-/m0/s1. The first-order chi connectivity index (χ1) is 21.6. The number of carbonyl (C=O) groups excluding carboxylic acids is 2. The number of hydrogen-bond acceptors (Lipinski definition) is 8. The van der Waals surface area contributed by atoms with Crippen molar-refractivity contribution in [2.24, 2.45) is 0 Å². The normalized spacial score (nSPS) is 13.8. The molecule has 0 aliphatic heterocycles. The number of ether oxygens (including phenoxy) is 4. The zero-order valence-corrected chi connectivity index (χ0v) is 26.6. The molecule has 1 heterocycles. The summed E-state index contributed by atoms with van der Waals surface area (Å²) in [6, 6.07) is 12.0. The first kappa shape index (κ1) is 31.4. The summed E-state index contributed by atoms with van der Waals surface area (Å²) < 4.78 is 29.0. The van der Waals surface area contributed by atoms with Crippen LogP contribution in [0.2, 0.25) is 0 Å². The van der Waals surface area contributed by atoms with Crippen LogP contribution in [0.1, 0.15) is 49.9 Å². The van der Waals surface area contributed by atoms with Crippen molar-refractivity contribution in [2.45, 2.75) is 52.1 Å². The lowest BCUT2D eigenvalue weighted by atomic mass is 9.94. The Hall–Kier alpha value is -4.99. The van der Waals surface area contributed by atoms with Crippen LogP contribution in [0.15, 0.2) is 51.7 Å². The Morgan fingerprint density at radius 3 is 2.27 bits per heavy atom. The molecule has 0 unspecified atom stereocenters. The molecule has 10 nitrogen and oxygen atoms in total. The fourth-order valence-electron chi connectivity index (χ4n) is 6.07. The van der Waals surface area contributed by atoms with Crippen LogP contribution >= 0.6 is 0 Å². The van der Waals surface area contributed by atoms with Gasteiger partial charge in [-0.15, -0.1) is 0 Å². The second-order valence-electron chi connectivity index (χ2n) is 11.3. The van der Waals surface area contributed by atoms with Gasteiger partial charge < -0.3 is 34.0 Å². The fraction of sp³-hybridized carbons (Fsp3) is 0.343. The van der Waals surface area contributed by atoms with Crippen LogP contribution in [0.4, 0.5) is 0 Å². The second kappa shape index (κ2) is 12.9. The SMILES string of the molecule is COc1ccc(-c2oc3c(=O)cc4c(cc3c2CC(=O)NC(C)C)-c2c(cc(OC)c(OC)c2OC)CC[C@@H]4NC(C)=O)cc1. The van der Waals surface area contributed by atoms with Crippen LogP contribution in [0.25, 0.3) is 33.4 Å². The van der Waals surface area contributed by atoms with Gasteiger partial charge in [-0.05, 0) is 85.8 Å². The van der Waals surface area contributed by atoms with Crippen LogP contribution in [-0.4, -0.2) is 46.3 Å². The quantitative estimate of drug-likeness (QED) is 0.259. The van der Waals surface area contributed by atoms with Crippen molar-refractivity contribution in [2.75, 3.05) is 28.4 Å². The van der Waals surface area contributed by atoms with Gasteiger partial charge in [-0.2, -0.15) is 0 Å². The van der Waals surface area contributed by atoms with E-state index in [1.165, 1.54) is 20.1 Å². The maximum atomic E-state index is 14.0. The van der Waals surface area contributed by atoms with E-state index < -0.39 is 6.04 Å². The van der Waals surface area contributed by atoms with Crippen LogP contribution in [0.3, 0.4) is 0 Å². The highest BCUT2D eigenvalue weighted by molar-refractivity contribution is 5.96. The number of rotatable bonds is 9. The van der Waals surface area contributed by atoms with Gasteiger partial charge in [0.1, 0.15) is 11.5 Å². The molecule has 236 valence electrons. The van der Waals surface area contributed by atoms with Crippen LogP contribution in [0, 0.1) is 0 Å². The Morgan fingerprint density at radius 2 is 1.67 bits per heavy atom. The predicted molar refractivity (Wildman–Crippen MR) is 171 cm³/mol. The lowest BCUT2D eigenvalue weighted by Crippen LogP contribution is -2.31. The van der Waals surface area contributed by atoms with Gasteiger partial charge in [-0.3, -0.25) is 14.4 Å². The summed E-state index contributed by atoms with van der Waals surface area (Å²) in [6.45, 7) is 5.22. The van der Waals surface area contributed by atoms with Crippen molar-refractivity contribution in [1.29, 1.82) is 0 Å². The molecule has 4 aromatic rings. The highest BCUT2D eigenvalue weighted by atomic mass is 16.5. The fourth-order valence-corrected chi connectivity index (χ4v) is 6.07. The summed E-state index contributed by atoms with van der Waals surface area (Å²) in [5, 5.41) is 6.46. The maximum Gasteiger partial charge on any atom is 0.224 e. The molecular weight excluding hydrogens is 576 g/mol. The molecule has 10 heteroatoms. The van der Waals surface area contributed by atoms with E-state index in [1.54, 1.807) is 33.5 Å². The third kappa shape index (κ3) is 6.05. The highest BCUT2D eigenvalue weighted by Gasteiger charge is 2.31. The van der Waals surface area contributed by atoms with Gasteiger partial charge in [0, 0.05) is 35.0 Å². The van der Waals surface area contributed by atoms with E-state index >= 15 is 0 Å². The minimum Gasteiger partial charge on any atom is -0.497 e. The van der Waals surface area contributed by atoms with Crippen molar-refractivity contribution in [1.82, 2.24) is 10.6 Å². The molecule has 1 aliphatic rings. The second-order valence-corrected chi connectivity index (χ2v) is 11.3. The minimum atomic E-state index is -0.482. The molecule has 0 spiro atoms. The number of amides is 2. The molecule has 45 heavy (non-hydrogen) atoms. The van der Waals surface area contributed by atoms with Gasteiger partial charge in [-0.1, -0.05) is 0 Å². The van der Waals surface area contributed by atoms with E-state index in [2.05, 4.69) is 10.6 Å². The van der Waals surface area contributed by atoms with E-state index in [9.17, 15) is 14.4 Å². The monoisotopic (exact) mass is 614 g/mol. The largest absolute Gasteiger partial charge is 0.497 e. The minimum absolute atomic E-state index is 0.0319. The number of furan rings is 1. The van der Waals surface area contributed by atoms with E-state index in [4.69, 9.17) is 23.4 Å². The average molecular weight is 615 g/mol. The van der Waals surface area contributed by atoms with E-state index in [-0.39, 0.29) is 35.3 Å². The van der Waals surface area contributed by atoms with Gasteiger partial charge in [0.15, 0.2) is 17.1 Å². The summed E-state index contributed by atoms with van der Waals surface area (Å²) in [5.74, 6) is 1.96. The first-order valence-corrected chi connectivity index (χ1v) is 14.8. The topological polar surface area (TPSA) is 125 Å². The molecule has 0 saturated heterocycles. The van der Waals surface area contributed by atoms with Crippen LogP contribution in [-0.2, 0) is 22.4 Å². The number of hydrogen-bond donors (Lipinski definition) is 2. The Bertz CT molecular complexity index is 1830. The van der Waals surface area contributed by atoms with Crippen molar-refractivity contribution in [3.63, 3.8) is 0 Å². The molecule has 0 saturated carbocycles. The average Bonchev–Trinajstić information content (AvgIpc) is 3.21. The zero-order chi connectivity index (χ0) is 32.4.